The van der Waals surface area contributed by atoms with Crippen molar-refractivity contribution in [3.05, 3.63) is 127 Å². The van der Waals surface area contributed by atoms with Gasteiger partial charge in [-0.2, -0.15) is 0 Å². The van der Waals surface area contributed by atoms with Crippen LogP contribution in [0.3, 0.4) is 0 Å². The lowest BCUT2D eigenvalue weighted by Crippen LogP contribution is -2.09. The first-order valence-electron chi connectivity index (χ1n) is 10.7. The van der Waals surface area contributed by atoms with Crippen LogP contribution in [-0.2, 0) is 0 Å². The Balaban J connectivity index is 1.61. The predicted octanol–water partition coefficient (Wildman–Crippen LogP) is 11.7. The Kier molecular flexibility index (Phi) is 7.80. The normalized spacial score (nSPS) is 10.9. The van der Waals surface area contributed by atoms with Crippen LogP contribution in [0.5, 0.6) is 0 Å². The zero-order valence-corrected chi connectivity index (χ0v) is 25.4. The van der Waals surface area contributed by atoms with Crippen LogP contribution in [0.25, 0.3) is 0 Å². The van der Waals surface area contributed by atoms with E-state index in [0.29, 0.717) is 0 Å². The van der Waals surface area contributed by atoms with Gasteiger partial charge in [0, 0.05) is 40.6 Å². The molecule has 0 fully saturated rings. The summed E-state index contributed by atoms with van der Waals surface area (Å²) in [7, 11) is 0. The van der Waals surface area contributed by atoms with E-state index in [1.165, 1.54) is 0 Å². The largest absolute Gasteiger partial charge is 0.302 e. The second kappa shape index (κ2) is 11.0. The summed E-state index contributed by atoms with van der Waals surface area (Å²) in [5.41, 5.74) is 4.40. The van der Waals surface area contributed by atoms with E-state index in [-0.39, 0.29) is 0 Å². The predicted molar refractivity (Wildman–Crippen MR) is 164 cm³/mol. The lowest BCUT2D eigenvalue weighted by Gasteiger charge is -2.25. The molecule has 0 amide bonds. The van der Waals surface area contributed by atoms with E-state index in [9.17, 15) is 0 Å². The quantitative estimate of drug-likeness (QED) is 0.171. The van der Waals surface area contributed by atoms with Crippen molar-refractivity contribution in [1.29, 1.82) is 0 Å². The third-order valence-electron chi connectivity index (χ3n) is 5.36. The summed E-state index contributed by atoms with van der Waals surface area (Å²) in [5, 5.41) is 2.26. The van der Waals surface area contributed by atoms with Gasteiger partial charge in [-0.15, -0.1) is 0 Å². The molecular weight excluding hydrogens is 716 g/mol. The van der Waals surface area contributed by atoms with Gasteiger partial charge in [0.2, 0.25) is 0 Å². The number of anilines is 6. The number of halogens is 4. The van der Waals surface area contributed by atoms with Crippen LogP contribution >= 0.6 is 75.1 Å². The van der Waals surface area contributed by atoms with Crippen molar-refractivity contribution < 1.29 is 0 Å². The highest BCUT2D eigenvalue weighted by Gasteiger charge is 2.19. The average molecular weight is 734 g/mol. The maximum absolute atomic E-state index is 3.57. The minimum Gasteiger partial charge on any atom is -0.302 e. The van der Waals surface area contributed by atoms with Crippen LogP contribution in [0.1, 0.15) is 0 Å². The van der Waals surface area contributed by atoms with Gasteiger partial charge in [-0.05, 0) is 109 Å². The van der Waals surface area contributed by atoms with Crippen LogP contribution in [0.4, 0.5) is 32.8 Å². The van der Waals surface area contributed by atoms with Crippen LogP contribution in [-0.4, -0.2) is 0 Å². The fraction of sp³-hybridized carbons (Fsp3) is 0. The molecule has 0 atom stereocenters. The molecule has 0 aliphatic heterocycles. The number of nitrogens with zero attached hydrogens (tertiary/aromatic N) is 2. The number of hydrogen-bond acceptors (Lipinski definition) is 3. The first-order chi connectivity index (χ1) is 17.0. The van der Waals surface area contributed by atoms with E-state index in [1.807, 2.05) is 0 Å². The maximum atomic E-state index is 3.57. The third kappa shape index (κ3) is 5.75. The number of rotatable bonds is 6. The lowest BCUT2D eigenvalue weighted by molar-refractivity contribution is 1.31. The summed E-state index contributed by atoms with van der Waals surface area (Å²) in [6.45, 7) is 0. The Morgan fingerprint density at radius 3 is 0.800 bits per heavy atom. The monoisotopic (exact) mass is 730 g/mol. The molecule has 1 aromatic heterocycles. The molecule has 0 saturated heterocycles. The summed E-state index contributed by atoms with van der Waals surface area (Å²) < 4.78 is 4.22. The maximum Gasteiger partial charge on any atom is 0.102 e. The fourth-order valence-electron chi connectivity index (χ4n) is 3.73. The molecule has 5 rings (SSSR count). The highest BCUT2D eigenvalue weighted by Crippen LogP contribution is 2.46. The van der Waals surface area contributed by atoms with E-state index < -0.39 is 0 Å². The number of hydrogen-bond donors (Lipinski definition) is 0. The van der Waals surface area contributed by atoms with Gasteiger partial charge in [0.15, 0.2) is 0 Å². The van der Waals surface area contributed by atoms with Gasteiger partial charge < -0.3 is 9.80 Å². The van der Waals surface area contributed by atoms with Gasteiger partial charge in [0.25, 0.3) is 0 Å². The van der Waals surface area contributed by atoms with Crippen molar-refractivity contribution in [1.82, 2.24) is 0 Å². The van der Waals surface area contributed by atoms with Crippen molar-refractivity contribution in [2.45, 2.75) is 0 Å². The molecule has 4 aromatic carbocycles. The van der Waals surface area contributed by atoms with Crippen molar-refractivity contribution in [2.24, 2.45) is 0 Å². The van der Waals surface area contributed by atoms with Gasteiger partial charge in [0.1, 0.15) is 10.0 Å². The molecule has 0 unspecified atom stereocenters. The first-order valence-corrected chi connectivity index (χ1v) is 14.7. The molecule has 35 heavy (non-hydrogen) atoms. The van der Waals surface area contributed by atoms with E-state index in [4.69, 9.17) is 0 Å². The second-order valence-corrected chi connectivity index (χ2v) is 12.4. The second-order valence-electron chi connectivity index (χ2n) is 7.69. The molecule has 1 heterocycles. The standard InChI is InChI=1S/C28H18Br4N2S/c29-19-1-9-23(10-2-19)33(24-11-3-20(30)4-12-24)27-17-18-28(35-27)34(25-13-5-21(31)6-14-25)26-15-7-22(32)8-16-26/h1-18H. The number of benzene rings is 4. The van der Waals surface area contributed by atoms with Crippen molar-refractivity contribution >= 4 is 108 Å². The Morgan fingerprint density at radius 1 is 0.343 bits per heavy atom. The molecule has 0 spiro atoms. The fourth-order valence-corrected chi connectivity index (χ4v) is 5.87. The molecular formula is C28H18Br4N2S. The molecule has 174 valence electrons. The highest BCUT2D eigenvalue weighted by molar-refractivity contribution is 9.11. The summed E-state index contributed by atoms with van der Waals surface area (Å²) in [6.07, 6.45) is 0. The van der Waals surface area contributed by atoms with Gasteiger partial charge in [0.05, 0.1) is 0 Å². The Labute approximate surface area is 242 Å². The first kappa shape index (κ1) is 24.8. The molecule has 0 saturated carbocycles. The van der Waals surface area contributed by atoms with Crippen molar-refractivity contribution in [3.8, 4) is 0 Å². The smallest absolute Gasteiger partial charge is 0.102 e. The molecule has 0 bridgehead atoms. The minimum atomic E-state index is 1.06. The minimum absolute atomic E-state index is 1.06. The van der Waals surface area contributed by atoms with Gasteiger partial charge in [-0.3, -0.25) is 0 Å². The van der Waals surface area contributed by atoms with Crippen LogP contribution in [0, 0.1) is 0 Å². The van der Waals surface area contributed by atoms with Crippen molar-refractivity contribution in [3.63, 3.8) is 0 Å². The Morgan fingerprint density at radius 2 is 0.571 bits per heavy atom. The van der Waals surface area contributed by atoms with E-state index in [1.54, 1.807) is 11.3 Å². The summed E-state index contributed by atoms with van der Waals surface area (Å²) in [6, 6.07) is 38.0. The van der Waals surface area contributed by atoms with Gasteiger partial charge >= 0.3 is 0 Å². The lowest BCUT2D eigenvalue weighted by atomic mass is 10.2. The van der Waals surface area contributed by atoms with Crippen LogP contribution < -0.4 is 9.80 Å². The SMILES string of the molecule is Brc1ccc(N(c2ccc(Br)cc2)c2ccc(N(c3ccc(Br)cc3)c3ccc(Br)cc3)s2)cc1. The molecule has 0 N–H and O–H groups in total. The molecule has 2 nitrogen and oxygen atoms in total. The summed E-state index contributed by atoms with van der Waals surface area (Å²) in [5.74, 6) is 0. The Bertz CT molecular complexity index is 1210. The molecule has 5 aromatic rings. The van der Waals surface area contributed by atoms with E-state index in [0.717, 1.165) is 50.6 Å². The Hall–Kier alpha value is -1.90. The topological polar surface area (TPSA) is 6.48 Å². The molecule has 0 radical (unpaired) electrons. The molecule has 0 aliphatic carbocycles. The van der Waals surface area contributed by atoms with Gasteiger partial charge in [-0.1, -0.05) is 75.1 Å². The zero-order valence-electron chi connectivity index (χ0n) is 18.2. The zero-order chi connectivity index (χ0) is 24.4. The van der Waals surface area contributed by atoms with E-state index in [2.05, 4.69) is 183 Å². The summed E-state index contributed by atoms with van der Waals surface area (Å²) >= 11 is 16.0. The summed E-state index contributed by atoms with van der Waals surface area (Å²) in [4.78, 5) is 4.57. The van der Waals surface area contributed by atoms with Crippen LogP contribution in [0.15, 0.2) is 127 Å². The number of thiophene rings is 1. The third-order valence-corrected chi connectivity index (χ3v) is 8.53. The van der Waals surface area contributed by atoms with Crippen LogP contribution in [0.2, 0.25) is 0 Å². The molecule has 0 aliphatic rings. The molecule has 7 heteroatoms. The van der Waals surface area contributed by atoms with E-state index >= 15 is 0 Å². The average Bonchev–Trinajstić information content (AvgIpc) is 3.33. The van der Waals surface area contributed by atoms with Gasteiger partial charge in [-0.25, -0.2) is 0 Å². The van der Waals surface area contributed by atoms with Crippen molar-refractivity contribution in [2.75, 3.05) is 9.80 Å². The highest BCUT2D eigenvalue weighted by atomic mass is 79.9.